The molecule has 1 aliphatic carbocycles. The maximum Gasteiger partial charge on any atom is 0.239 e. The Kier molecular flexibility index (Phi) is 7.17. The highest BCUT2D eigenvalue weighted by molar-refractivity contribution is 6.01. The highest BCUT2D eigenvalue weighted by Crippen LogP contribution is 2.48. The first kappa shape index (κ1) is 24.8. The van der Waals surface area contributed by atoms with Crippen LogP contribution in [-0.2, 0) is 14.3 Å². The van der Waals surface area contributed by atoms with Gasteiger partial charge in [-0.1, -0.05) is 38.1 Å². The number of ketones is 1. The molecule has 1 heterocycles. The maximum atomic E-state index is 13.7. The summed E-state index contributed by atoms with van der Waals surface area (Å²) in [7, 11) is 5.62. The molecule has 2 aromatic carbocycles. The minimum Gasteiger partial charge on any atom is -0.383 e. The molecule has 7 nitrogen and oxygen atoms in total. The summed E-state index contributed by atoms with van der Waals surface area (Å²) in [6.45, 7) is 5.27. The van der Waals surface area contributed by atoms with Gasteiger partial charge in [-0.3, -0.25) is 9.59 Å². The van der Waals surface area contributed by atoms with E-state index in [1.54, 1.807) is 7.11 Å². The normalized spacial score (nSPS) is 18.8. The first-order valence-electron chi connectivity index (χ1n) is 12.1. The van der Waals surface area contributed by atoms with Crippen molar-refractivity contribution in [2.45, 2.75) is 32.7 Å². The fourth-order valence-electron chi connectivity index (χ4n) is 5.03. The largest absolute Gasteiger partial charge is 0.383 e. The van der Waals surface area contributed by atoms with E-state index in [1.165, 1.54) is 0 Å². The van der Waals surface area contributed by atoms with E-state index in [0.717, 1.165) is 40.3 Å². The number of rotatable bonds is 7. The lowest BCUT2D eigenvalue weighted by Gasteiger charge is -2.38. The van der Waals surface area contributed by atoms with E-state index in [9.17, 15) is 9.59 Å². The van der Waals surface area contributed by atoms with Crippen molar-refractivity contribution in [3.05, 3.63) is 65.4 Å². The van der Waals surface area contributed by atoms with Crippen molar-refractivity contribution < 1.29 is 14.3 Å². The summed E-state index contributed by atoms with van der Waals surface area (Å²) in [6, 6.07) is 15.9. The number of benzene rings is 2. The molecule has 0 bridgehead atoms. The van der Waals surface area contributed by atoms with Gasteiger partial charge < -0.3 is 25.2 Å². The van der Waals surface area contributed by atoms with Crippen LogP contribution in [0.4, 0.5) is 17.1 Å². The number of allylic oxidation sites excluding steroid dienone is 1. The topological polar surface area (TPSA) is 73.9 Å². The van der Waals surface area contributed by atoms with E-state index < -0.39 is 0 Å². The van der Waals surface area contributed by atoms with Gasteiger partial charge in [0.15, 0.2) is 5.78 Å². The fourth-order valence-corrected chi connectivity index (χ4v) is 5.03. The molecule has 2 aliphatic rings. The number of carbonyl (C=O) groups is 2. The van der Waals surface area contributed by atoms with Crippen molar-refractivity contribution in [3.8, 4) is 0 Å². The summed E-state index contributed by atoms with van der Waals surface area (Å²) in [6.07, 6.45) is 1.24. The van der Waals surface area contributed by atoms with Crippen LogP contribution in [-0.4, -0.2) is 52.6 Å². The summed E-state index contributed by atoms with van der Waals surface area (Å²) >= 11 is 0. The molecule has 0 fully saturated rings. The van der Waals surface area contributed by atoms with Gasteiger partial charge in [0, 0.05) is 51.1 Å². The number of methoxy groups -OCH3 is 1. The number of nitrogens with one attached hydrogen (secondary N) is 2. The van der Waals surface area contributed by atoms with E-state index in [0.29, 0.717) is 19.6 Å². The van der Waals surface area contributed by atoms with Crippen LogP contribution in [0.3, 0.4) is 0 Å². The number of carbonyl (C=O) groups excluding carboxylic acids is 2. The van der Waals surface area contributed by atoms with Crippen LogP contribution in [0.1, 0.15) is 38.3 Å². The van der Waals surface area contributed by atoms with Crippen LogP contribution in [0.5, 0.6) is 0 Å². The molecule has 1 unspecified atom stereocenters. The minimum absolute atomic E-state index is 0.112. The highest BCUT2D eigenvalue weighted by Gasteiger charge is 2.41. The number of nitrogens with zero attached hydrogens (tertiary/aromatic N) is 2. The van der Waals surface area contributed by atoms with Crippen molar-refractivity contribution in [2.24, 2.45) is 5.41 Å². The molecule has 0 radical (unpaired) electrons. The van der Waals surface area contributed by atoms with Crippen LogP contribution in [0.15, 0.2) is 59.8 Å². The Balaban J connectivity index is 1.85. The Hall–Kier alpha value is -3.32. The van der Waals surface area contributed by atoms with Gasteiger partial charge in [-0.25, -0.2) is 0 Å². The van der Waals surface area contributed by atoms with Crippen molar-refractivity contribution in [2.75, 3.05) is 56.0 Å². The van der Waals surface area contributed by atoms with Crippen LogP contribution in [0, 0.1) is 5.41 Å². The van der Waals surface area contributed by atoms with E-state index >= 15 is 0 Å². The van der Waals surface area contributed by atoms with Gasteiger partial charge in [-0.05, 0) is 41.7 Å². The first-order valence-corrected chi connectivity index (χ1v) is 12.1. The van der Waals surface area contributed by atoms with Crippen molar-refractivity contribution >= 4 is 28.8 Å². The third-order valence-electron chi connectivity index (χ3n) is 6.67. The zero-order valence-corrected chi connectivity index (χ0v) is 21.4. The second kappa shape index (κ2) is 10.1. The number of hydrogen-bond donors (Lipinski definition) is 2. The van der Waals surface area contributed by atoms with Gasteiger partial charge in [0.25, 0.3) is 0 Å². The molecule has 4 rings (SSSR count). The SMILES string of the molecule is COCCNC(=O)CN1c2ccccc2NC2=C(C(=O)CC(C)(C)C2)C1c1ccc(N(C)C)cc1. The number of hydrogen-bond acceptors (Lipinski definition) is 6. The number of fused-ring (bicyclic) bond motifs is 1. The van der Waals surface area contributed by atoms with Crippen LogP contribution < -0.4 is 20.4 Å². The second-order valence-corrected chi connectivity index (χ2v) is 10.3. The van der Waals surface area contributed by atoms with Crippen LogP contribution in [0.2, 0.25) is 0 Å². The van der Waals surface area contributed by atoms with Gasteiger partial charge in [0.1, 0.15) is 0 Å². The average Bonchev–Trinajstić information content (AvgIpc) is 2.93. The number of Topliss-reactive ketones (excluding diaryl/α,β-unsaturated/α-hetero) is 1. The lowest BCUT2D eigenvalue weighted by molar-refractivity contribution is -0.121. The monoisotopic (exact) mass is 476 g/mol. The van der Waals surface area contributed by atoms with E-state index in [-0.39, 0.29) is 29.7 Å². The van der Waals surface area contributed by atoms with Gasteiger partial charge in [-0.15, -0.1) is 0 Å². The number of amides is 1. The van der Waals surface area contributed by atoms with Gasteiger partial charge >= 0.3 is 0 Å². The maximum absolute atomic E-state index is 13.7. The molecule has 1 aliphatic heterocycles. The van der Waals surface area contributed by atoms with Crippen LogP contribution >= 0.6 is 0 Å². The van der Waals surface area contributed by atoms with Gasteiger partial charge in [-0.2, -0.15) is 0 Å². The summed E-state index contributed by atoms with van der Waals surface area (Å²) in [5.74, 6) is 0.0161. The molecule has 0 spiro atoms. The molecule has 186 valence electrons. The van der Waals surface area contributed by atoms with E-state index in [2.05, 4.69) is 53.6 Å². The quantitative estimate of drug-likeness (QED) is 0.586. The molecule has 35 heavy (non-hydrogen) atoms. The summed E-state index contributed by atoms with van der Waals surface area (Å²) in [4.78, 5) is 30.8. The standard InChI is InChI=1S/C28H36N4O3/c1-28(2)16-22-26(24(33)17-28)27(19-10-12-20(13-11-19)31(3)4)32(18-25(34)29-14-15-35-5)23-9-7-6-8-21(23)30-22/h6-13,27,30H,14-18H2,1-5H3,(H,29,34). The molecule has 2 N–H and O–H groups in total. The Morgan fingerprint density at radius 1 is 1.14 bits per heavy atom. The molecule has 0 saturated carbocycles. The lowest BCUT2D eigenvalue weighted by Crippen LogP contribution is -2.42. The predicted molar refractivity (Wildman–Crippen MR) is 141 cm³/mol. The number of anilines is 3. The van der Waals surface area contributed by atoms with Crippen molar-refractivity contribution in [1.82, 2.24) is 5.32 Å². The smallest absolute Gasteiger partial charge is 0.239 e. The number of ether oxygens (including phenoxy) is 1. The molecule has 7 heteroatoms. The zero-order valence-electron chi connectivity index (χ0n) is 21.4. The minimum atomic E-state index is -0.380. The lowest BCUT2D eigenvalue weighted by atomic mass is 9.73. The highest BCUT2D eigenvalue weighted by atomic mass is 16.5. The third kappa shape index (κ3) is 5.35. The van der Waals surface area contributed by atoms with Gasteiger partial charge in [0.05, 0.1) is 30.6 Å². The Morgan fingerprint density at radius 3 is 2.54 bits per heavy atom. The molecule has 0 aromatic heterocycles. The van der Waals surface area contributed by atoms with E-state index in [1.807, 2.05) is 43.3 Å². The summed E-state index contributed by atoms with van der Waals surface area (Å²) in [5, 5.41) is 6.53. The summed E-state index contributed by atoms with van der Waals surface area (Å²) < 4.78 is 5.09. The zero-order chi connectivity index (χ0) is 25.2. The Morgan fingerprint density at radius 2 is 1.86 bits per heavy atom. The molecular weight excluding hydrogens is 440 g/mol. The second-order valence-electron chi connectivity index (χ2n) is 10.3. The van der Waals surface area contributed by atoms with E-state index in [4.69, 9.17) is 4.74 Å². The third-order valence-corrected chi connectivity index (χ3v) is 6.67. The molecule has 1 atom stereocenters. The molecule has 2 aromatic rings. The number of para-hydroxylation sites is 2. The van der Waals surface area contributed by atoms with Gasteiger partial charge in [0.2, 0.25) is 5.91 Å². The van der Waals surface area contributed by atoms with Crippen molar-refractivity contribution in [3.63, 3.8) is 0 Å². The summed E-state index contributed by atoms with van der Waals surface area (Å²) in [5.41, 5.74) is 5.43. The molecular formula is C28H36N4O3. The Bertz CT molecular complexity index is 1120. The average molecular weight is 477 g/mol. The molecule has 1 amide bonds. The predicted octanol–water partition coefficient (Wildman–Crippen LogP) is 4.13. The Labute approximate surface area is 208 Å². The fraction of sp³-hybridized carbons (Fsp3) is 0.429. The molecule has 0 saturated heterocycles. The first-order chi connectivity index (χ1) is 16.7. The van der Waals surface area contributed by atoms with Crippen LogP contribution in [0.25, 0.3) is 0 Å². The van der Waals surface area contributed by atoms with Crippen molar-refractivity contribution in [1.29, 1.82) is 0 Å².